The van der Waals surface area contributed by atoms with Crippen molar-refractivity contribution in [2.75, 3.05) is 19.7 Å². The standard InChI is InChI=1S/C17H19BrO4S/c1-3-20-12-21-11-13-10-15(6-9-17(13)18)22-14-4-7-16(8-5-14)23(2)19/h4-10H,3,11-12H2,1-2H3. The summed E-state index contributed by atoms with van der Waals surface area (Å²) in [6.45, 7) is 3.26. The van der Waals surface area contributed by atoms with Gasteiger partial charge in [-0.05, 0) is 55.0 Å². The van der Waals surface area contributed by atoms with Gasteiger partial charge in [-0.2, -0.15) is 0 Å². The van der Waals surface area contributed by atoms with Crippen LogP contribution in [0.5, 0.6) is 11.5 Å². The number of hydrogen-bond acceptors (Lipinski definition) is 4. The molecule has 1 atom stereocenters. The SMILES string of the molecule is CCOCOCc1cc(Oc2ccc(S(C)=O)cc2)ccc1Br. The Bertz CT molecular complexity index is 658. The summed E-state index contributed by atoms with van der Waals surface area (Å²) in [5.74, 6) is 1.41. The topological polar surface area (TPSA) is 44.8 Å². The van der Waals surface area contributed by atoms with Crippen LogP contribution in [0.2, 0.25) is 0 Å². The first-order valence-electron chi connectivity index (χ1n) is 7.15. The Morgan fingerprint density at radius 1 is 1.04 bits per heavy atom. The highest BCUT2D eigenvalue weighted by Crippen LogP contribution is 2.27. The number of benzene rings is 2. The zero-order valence-electron chi connectivity index (χ0n) is 13.1. The van der Waals surface area contributed by atoms with E-state index in [0.717, 1.165) is 14.9 Å². The lowest BCUT2D eigenvalue weighted by molar-refractivity contribution is -0.0573. The van der Waals surface area contributed by atoms with Crippen molar-refractivity contribution < 1.29 is 18.4 Å². The summed E-state index contributed by atoms with van der Waals surface area (Å²) in [6, 6.07) is 12.9. The van der Waals surface area contributed by atoms with Crippen molar-refractivity contribution in [2.45, 2.75) is 18.4 Å². The third kappa shape index (κ3) is 5.73. The summed E-state index contributed by atoms with van der Waals surface area (Å²) in [5.41, 5.74) is 0.980. The zero-order valence-corrected chi connectivity index (χ0v) is 15.5. The largest absolute Gasteiger partial charge is 0.457 e. The number of ether oxygens (including phenoxy) is 3. The fraction of sp³-hybridized carbons (Fsp3) is 0.294. The predicted octanol–water partition coefficient (Wildman–Crippen LogP) is 4.49. The van der Waals surface area contributed by atoms with Gasteiger partial charge in [0.1, 0.15) is 18.3 Å². The highest BCUT2D eigenvalue weighted by molar-refractivity contribution is 9.10. The molecule has 0 amide bonds. The van der Waals surface area contributed by atoms with Gasteiger partial charge in [-0.3, -0.25) is 4.21 Å². The second-order valence-corrected chi connectivity index (χ2v) is 6.97. The molecule has 0 spiro atoms. The first-order valence-corrected chi connectivity index (χ1v) is 9.50. The highest BCUT2D eigenvalue weighted by atomic mass is 79.9. The molecule has 2 rings (SSSR count). The second-order valence-electron chi connectivity index (χ2n) is 4.74. The van der Waals surface area contributed by atoms with Crippen LogP contribution in [0, 0.1) is 0 Å². The van der Waals surface area contributed by atoms with Gasteiger partial charge in [0.2, 0.25) is 0 Å². The van der Waals surface area contributed by atoms with E-state index in [1.165, 1.54) is 0 Å². The Hall–Kier alpha value is -1.21. The molecule has 2 aromatic carbocycles. The van der Waals surface area contributed by atoms with E-state index < -0.39 is 10.8 Å². The zero-order chi connectivity index (χ0) is 16.7. The van der Waals surface area contributed by atoms with Crippen molar-refractivity contribution in [1.29, 1.82) is 0 Å². The molecule has 6 heteroatoms. The van der Waals surface area contributed by atoms with Gasteiger partial charge in [0.05, 0.1) is 6.61 Å². The maximum atomic E-state index is 11.4. The molecule has 0 aliphatic carbocycles. The van der Waals surface area contributed by atoms with Gasteiger partial charge in [-0.25, -0.2) is 0 Å². The van der Waals surface area contributed by atoms with Gasteiger partial charge in [-0.1, -0.05) is 15.9 Å². The molecule has 0 aromatic heterocycles. The molecule has 23 heavy (non-hydrogen) atoms. The van der Waals surface area contributed by atoms with Crippen LogP contribution < -0.4 is 4.74 Å². The van der Waals surface area contributed by atoms with Crippen LogP contribution >= 0.6 is 15.9 Å². The van der Waals surface area contributed by atoms with Gasteiger partial charge >= 0.3 is 0 Å². The lowest BCUT2D eigenvalue weighted by Crippen LogP contribution is -2.00. The molecule has 0 bridgehead atoms. The Balaban J connectivity index is 2.03. The molecule has 2 aromatic rings. The molecule has 0 aliphatic heterocycles. The van der Waals surface area contributed by atoms with Gasteiger partial charge in [-0.15, -0.1) is 0 Å². The minimum absolute atomic E-state index is 0.268. The highest BCUT2D eigenvalue weighted by Gasteiger charge is 2.05. The van der Waals surface area contributed by atoms with E-state index in [0.29, 0.717) is 24.7 Å². The smallest absolute Gasteiger partial charge is 0.147 e. The molecule has 0 heterocycles. The molecule has 0 radical (unpaired) electrons. The van der Waals surface area contributed by atoms with Crippen LogP contribution in [0.3, 0.4) is 0 Å². The maximum Gasteiger partial charge on any atom is 0.147 e. The minimum atomic E-state index is -0.986. The molecule has 0 saturated carbocycles. The maximum absolute atomic E-state index is 11.4. The van der Waals surface area contributed by atoms with Crippen molar-refractivity contribution in [3.05, 3.63) is 52.5 Å². The van der Waals surface area contributed by atoms with Crippen molar-refractivity contribution in [3.8, 4) is 11.5 Å². The Morgan fingerprint density at radius 3 is 2.39 bits per heavy atom. The van der Waals surface area contributed by atoms with Crippen LogP contribution in [0.15, 0.2) is 51.8 Å². The lowest BCUT2D eigenvalue weighted by Gasteiger charge is -2.10. The fourth-order valence-electron chi connectivity index (χ4n) is 1.85. The summed E-state index contributed by atoms with van der Waals surface area (Å²) in [6.07, 6.45) is 1.65. The molecule has 0 N–H and O–H groups in total. The average Bonchev–Trinajstić information content (AvgIpc) is 2.55. The molecule has 124 valence electrons. The lowest BCUT2D eigenvalue weighted by atomic mass is 10.2. The molecule has 4 nitrogen and oxygen atoms in total. The monoisotopic (exact) mass is 398 g/mol. The second kappa shape index (κ2) is 9.17. The van der Waals surface area contributed by atoms with E-state index in [4.69, 9.17) is 14.2 Å². The van der Waals surface area contributed by atoms with Crippen LogP contribution in [0.1, 0.15) is 12.5 Å². The first-order chi connectivity index (χ1) is 11.1. The number of rotatable bonds is 8. The number of hydrogen-bond donors (Lipinski definition) is 0. The van der Waals surface area contributed by atoms with Crippen LogP contribution in [-0.4, -0.2) is 23.9 Å². The normalized spacial score (nSPS) is 12.1. The Morgan fingerprint density at radius 2 is 1.74 bits per heavy atom. The van der Waals surface area contributed by atoms with Crippen molar-refractivity contribution in [2.24, 2.45) is 0 Å². The minimum Gasteiger partial charge on any atom is -0.457 e. The van der Waals surface area contributed by atoms with E-state index in [1.807, 2.05) is 37.3 Å². The third-order valence-electron chi connectivity index (χ3n) is 3.04. The van der Waals surface area contributed by atoms with E-state index in [9.17, 15) is 4.21 Å². The summed E-state index contributed by atoms with van der Waals surface area (Å²) in [4.78, 5) is 0.776. The molecule has 0 aliphatic rings. The molecule has 0 saturated heterocycles. The quantitative estimate of drug-likeness (QED) is 0.485. The number of halogens is 1. The van der Waals surface area contributed by atoms with Gasteiger partial charge < -0.3 is 14.2 Å². The predicted molar refractivity (Wildman–Crippen MR) is 94.3 cm³/mol. The Kier molecular flexibility index (Phi) is 7.23. The van der Waals surface area contributed by atoms with Crippen molar-refractivity contribution in [1.82, 2.24) is 0 Å². The average molecular weight is 399 g/mol. The molecule has 0 fully saturated rings. The summed E-state index contributed by atoms with van der Waals surface area (Å²) >= 11 is 3.50. The summed E-state index contributed by atoms with van der Waals surface area (Å²) in [5, 5.41) is 0. The summed E-state index contributed by atoms with van der Waals surface area (Å²) in [7, 11) is -0.986. The van der Waals surface area contributed by atoms with E-state index in [2.05, 4.69) is 15.9 Å². The Labute approximate surface area is 147 Å². The van der Waals surface area contributed by atoms with E-state index in [-0.39, 0.29) is 6.79 Å². The molecule has 1 unspecified atom stereocenters. The van der Waals surface area contributed by atoms with E-state index >= 15 is 0 Å². The van der Waals surface area contributed by atoms with E-state index in [1.54, 1.807) is 18.4 Å². The molecular weight excluding hydrogens is 380 g/mol. The fourth-order valence-corrected chi connectivity index (χ4v) is 2.73. The van der Waals surface area contributed by atoms with Crippen molar-refractivity contribution in [3.63, 3.8) is 0 Å². The summed E-state index contributed by atoms with van der Waals surface area (Å²) < 4.78 is 28.8. The van der Waals surface area contributed by atoms with Crippen LogP contribution in [-0.2, 0) is 26.9 Å². The van der Waals surface area contributed by atoms with Crippen molar-refractivity contribution >= 4 is 26.7 Å². The van der Waals surface area contributed by atoms with Gasteiger partial charge in [0.25, 0.3) is 0 Å². The van der Waals surface area contributed by atoms with Crippen LogP contribution in [0.25, 0.3) is 0 Å². The first kappa shape index (κ1) is 18.1. The molecular formula is C17H19BrO4S. The van der Waals surface area contributed by atoms with Gasteiger partial charge in [0.15, 0.2) is 0 Å². The van der Waals surface area contributed by atoms with Crippen LogP contribution in [0.4, 0.5) is 0 Å². The van der Waals surface area contributed by atoms with Gasteiger partial charge in [0, 0.05) is 33.0 Å². The third-order valence-corrected chi connectivity index (χ3v) is 4.75.